The highest BCUT2D eigenvalue weighted by atomic mass is 35.5. The Hall–Kier alpha value is -1.01. The molecule has 3 nitrogen and oxygen atoms in total. The van der Waals surface area contributed by atoms with Crippen LogP contribution in [0.2, 0.25) is 5.02 Å². The van der Waals surface area contributed by atoms with Crippen LogP contribution < -0.4 is 0 Å². The van der Waals surface area contributed by atoms with E-state index < -0.39 is 0 Å². The van der Waals surface area contributed by atoms with Crippen LogP contribution in [0.3, 0.4) is 0 Å². The predicted molar refractivity (Wildman–Crippen MR) is 42.2 cm³/mol. The van der Waals surface area contributed by atoms with Crippen molar-refractivity contribution in [2.75, 3.05) is 0 Å². The molecule has 1 rings (SSSR count). The maximum atomic E-state index is 8.30. The summed E-state index contributed by atoms with van der Waals surface area (Å²) in [6.45, 7) is 2.50. The van der Waals surface area contributed by atoms with Gasteiger partial charge in [-0.25, -0.2) is 0 Å². The number of aromatic nitrogens is 2. The van der Waals surface area contributed by atoms with E-state index in [9.17, 15) is 0 Å². The minimum Gasteiger partial charge on any atom is -0.267 e. The summed E-state index contributed by atoms with van der Waals surface area (Å²) in [6, 6.07) is 2.05. The summed E-state index contributed by atoms with van der Waals surface area (Å²) in [5.74, 6) is 0. The smallest absolute Gasteiger partial charge is 0.0814 e. The Morgan fingerprint density at radius 1 is 1.82 bits per heavy atom. The minimum atomic E-state index is 0.471. The largest absolute Gasteiger partial charge is 0.267 e. The summed E-state index contributed by atoms with van der Waals surface area (Å²) in [7, 11) is 0. The molecule has 0 fully saturated rings. The third kappa shape index (κ3) is 1.72. The van der Waals surface area contributed by atoms with Crippen molar-refractivity contribution in [2.45, 2.75) is 19.9 Å². The van der Waals surface area contributed by atoms with E-state index in [0.29, 0.717) is 18.0 Å². The first kappa shape index (κ1) is 8.09. The molecule has 1 aromatic rings. The molecule has 0 aliphatic carbocycles. The highest BCUT2D eigenvalue weighted by Gasteiger charge is 2.01. The van der Waals surface area contributed by atoms with E-state index in [4.69, 9.17) is 16.9 Å². The Kier molecular flexibility index (Phi) is 2.50. The molecular formula is C7H8ClN3. The Labute approximate surface area is 70.2 Å². The number of hydrogen-bond donors (Lipinski definition) is 0. The fourth-order valence-electron chi connectivity index (χ4n) is 0.805. The molecule has 0 unspecified atom stereocenters. The molecule has 0 aliphatic heterocycles. The first-order chi connectivity index (χ1) is 5.25. The van der Waals surface area contributed by atoms with Crippen molar-refractivity contribution in [1.82, 2.24) is 9.78 Å². The number of rotatable bonds is 2. The Morgan fingerprint density at radius 2 is 2.55 bits per heavy atom. The monoisotopic (exact) mass is 169 g/mol. The lowest BCUT2D eigenvalue weighted by molar-refractivity contribution is 0.610. The molecule has 0 saturated heterocycles. The van der Waals surface area contributed by atoms with E-state index in [1.807, 2.05) is 13.0 Å². The van der Waals surface area contributed by atoms with E-state index in [-0.39, 0.29) is 0 Å². The third-order valence-electron chi connectivity index (χ3n) is 1.48. The summed E-state index contributed by atoms with van der Waals surface area (Å²) in [6.07, 6.45) is 2.06. The van der Waals surface area contributed by atoms with E-state index >= 15 is 0 Å². The molecule has 0 radical (unpaired) electrons. The molecule has 0 atom stereocenters. The molecule has 58 valence electrons. The maximum absolute atomic E-state index is 8.30. The van der Waals surface area contributed by atoms with Crippen molar-refractivity contribution >= 4 is 11.6 Å². The standard InChI is InChI=1S/C7H8ClN3/c1-6-7(8)5-10-11(6)4-2-3-9/h5H,2,4H2,1H3. The van der Waals surface area contributed by atoms with E-state index in [0.717, 1.165) is 5.69 Å². The third-order valence-corrected chi connectivity index (χ3v) is 1.85. The van der Waals surface area contributed by atoms with Crippen molar-refractivity contribution in [3.63, 3.8) is 0 Å². The highest BCUT2D eigenvalue weighted by molar-refractivity contribution is 6.31. The summed E-state index contributed by atoms with van der Waals surface area (Å²) in [5, 5.41) is 12.9. The van der Waals surface area contributed by atoms with Gasteiger partial charge in [0.25, 0.3) is 0 Å². The van der Waals surface area contributed by atoms with Gasteiger partial charge in [0, 0.05) is 0 Å². The number of aryl methyl sites for hydroxylation is 1. The minimum absolute atomic E-state index is 0.471. The van der Waals surface area contributed by atoms with Gasteiger partial charge in [0.1, 0.15) is 0 Å². The average molecular weight is 170 g/mol. The summed E-state index contributed by atoms with van der Waals surface area (Å²) in [4.78, 5) is 0. The topological polar surface area (TPSA) is 41.6 Å². The van der Waals surface area contributed by atoms with E-state index in [1.54, 1.807) is 10.9 Å². The van der Waals surface area contributed by atoms with Gasteiger partial charge in [-0.05, 0) is 6.92 Å². The second-order valence-corrected chi connectivity index (χ2v) is 2.62. The van der Waals surface area contributed by atoms with E-state index in [1.165, 1.54) is 0 Å². The number of nitrogens with zero attached hydrogens (tertiary/aromatic N) is 3. The molecular weight excluding hydrogens is 162 g/mol. The second kappa shape index (κ2) is 3.40. The van der Waals surface area contributed by atoms with Crippen molar-refractivity contribution in [3.8, 4) is 6.07 Å². The molecule has 11 heavy (non-hydrogen) atoms. The van der Waals surface area contributed by atoms with Crippen molar-refractivity contribution < 1.29 is 0 Å². The number of nitriles is 1. The predicted octanol–water partition coefficient (Wildman–Crippen LogP) is 1.76. The van der Waals surface area contributed by atoms with Crippen LogP contribution in [-0.2, 0) is 6.54 Å². The lowest BCUT2D eigenvalue weighted by atomic mass is 10.4. The molecule has 1 heterocycles. The van der Waals surface area contributed by atoms with Gasteiger partial charge >= 0.3 is 0 Å². The summed E-state index contributed by atoms with van der Waals surface area (Å²) in [5.41, 5.74) is 0.918. The molecule has 0 aliphatic rings. The first-order valence-corrected chi connectivity index (χ1v) is 3.68. The van der Waals surface area contributed by atoms with Crippen LogP contribution in [0.25, 0.3) is 0 Å². The van der Waals surface area contributed by atoms with Gasteiger partial charge in [0.2, 0.25) is 0 Å². The van der Waals surface area contributed by atoms with Crippen LogP contribution in [0.5, 0.6) is 0 Å². The maximum Gasteiger partial charge on any atom is 0.0814 e. The van der Waals surface area contributed by atoms with Crippen LogP contribution >= 0.6 is 11.6 Å². The number of halogens is 1. The SMILES string of the molecule is Cc1c(Cl)cnn1CCC#N. The van der Waals surface area contributed by atoms with Crippen molar-refractivity contribution in [3.05, 3.63) is 16.9 Å². The molecule has 0 N–H and O–H groups in total. The fraction of sp³-hybridized carbons (Fsp3) is 0.429. The van der Waals surface area contributed by atoms with E-state index in [2.05, 4.69) is 5.10 Å². The van der Waals surface area contributed by atoms with Gasteiger partial charge < -0.3 is 0 Å². The zero-order valence-corrected chi connectivity index (χ0v) is 6.97. The van der Waals surface area contributed by atoms with Crippen molar-refractivity contribution in [2.24, 2.45) is 0 Å². The van der Waals surface area contributed by atoms with Gasteiger partial charge in [-0.3, -0.25) is 4.68 Å². The van der Waals surface area contributed by atoms with Crippen LogP contribution in [0, 0.1) is 18.3 Å². The molecule has 0 bridgehead atoms. The molecule has 1 aromatic heterocycles. The lowest BCUT2D eigenvalue weighted by Crippen LogP contribution is -2.00. The Morgan fingerprint density at radius 3 is 3.00 bits per heavy atom. The van der Waals surface area contributed by atoms with Crippen LogP contribution in [-0.4, -0.2) is 9.78 Å². The Balaban J connectivity index is 2.72. The molecule has 0 saturated carbocycles. The summed E-state index contributed by atoms with van der Waals surface area (Å²) >= 11 is 5.74. The normalized spacial score (nSPS) is 9.55. The van der Waals surface area contributed by atoms with Gasteiger partial charge in [-0.1, -0.05) is 11.6 Å². The van der Waals surface area contributed by atoms with Crippen LogP contribution in [0.15, 0.2) is 6.20 Å². The van der Waals surface area contributed by atoms with Gasteiger partial charge in [0.15, 0.2) is 0 Å². The first-order valence-electron chi connectivity index (χ1n) is 3.30. The van der Waals surface area contributed by atoms with Crippen LogP contribution in [0.1, 0.15) is 12.1 Å². The molecule has 4 heteroatoms. The summed E-state index contributed by atoms with van der Waals surface area (Å²) < 4.78 is 1.73. The highest BCUT2D eigenvalue weighted by Crippen LogP contribution is 2.12. The second-order valence-electron chi connectivity index (χ2n) is 2.21. The molecule has 0 spiro atoms. The fourth-order valence-corrected chi connectivity index (χ4v) is 0.946. The molecule has 0 amide bonds. The molecule has 0 aromatic carbocycles. The van der Waals surface area contributed by atoms with Gasteiger partial charge in [-0.15, -0.1) is 0 Å². The number of hydrogen-bond acceptors (Lipinski definition) is 2. The Bertz CT molecular complexity index is 284. The zero-order valence-electron chi connectivity index (χ0n) is 6.21. The lowest BCUT2D eigenvalue weighted by Gasteiger charge is -1.98. The van der Waals surface area contributed by atoms with Gasteiger partial charge in [-0.2, -0.15) is 10.4 Å². The average Bonchev–Trinajstić information content (AvgIpc) is 2.31. The van der Waals surface area contributed by atoms with Crippen LogP contribution in [0.4, 0.5) is 0 Å². The van der Waals surface area contributed by atoms with Crippen molar-refractivity contribution in [1.29, 1.82) is 5.26 Å². The zero-order chi connectivity index (χ0) is 8.27. The quantitative estimate of drug-likeness (QED) is 0.677. The van der Waals surface area contributed by atoms with Gasteiger partial charge in [0.05, 0.1) is 35.9 Å².